The Balaban J connectivity index is 1.77. The molecule has 0 aliphatic heterocycles. The lowest BCUT2D eigenvalue weighted by Crippen LogP contribution is -2.19. The van der Waals surface area contributed by atoms with Gasteiger partial charge < -0.3 is 11.1 Å². The molecule has 27 heavy (non-hydrogen) atoms. The molecule has 0 saturated carbocycles. The minimum atomic E-state index is -0.459. The molecule has 142 valence electrons. The molecule has 1 aromatic carbocycles. The first-order valence-electron chi connectivity index (χ1n) is 9.48. The Kier molecular flexibility index (Phi) is 6.11. The summed E-state index contributed by atoms with van der Waals surface area (Å²) in [6, 6.07) is 7.93. The first kappa shape index (κ1) is 19.4. The van der Waals surface area contributed by atoms with Crippen molar-refractivity contribution in [2.75, 3.05) is 5.32 Å². The number of nitrogens with one attached hydrogen (secondary N) is 1. The Labute approximate surface area is 164 Å². The summed E-state index contributed by atoms with van der Waals surface area (Å²) in [5.41, 5.74) is 9.30. The summed E-state index contributed by atoms with van der Waals surface area (Å²) in [6.45, 7) is 4.22. The highest BCUT2D eigenvalue weighted by Gasteiger charge is 2.28. The van der Waals surface area contributed by atoms with Crippen LogP contribution in [0.2, 0.25) is 0 Å². The molecule has 1 aliphatic carbocycles. The van der Waals surface area contributed by atoms with Crippen molar-refractivity contribution >= 4 is 34.2 Å². The molecule has 0 bridgehead atoms. The number of hydrogen-bond acceptors (Lipinski definition) is 3. The van der Waals surface area contributed by atoms with Crippen molar-refractivity contribution in [2.45, 2.75) is 46.0 Å². The van der Waals surface area contributed by atoms with E-state index in [2.05, 4.69) is 12.2 Å². The molecule has 1 atom stereocenters. The van der Waals surface area contributed by atoms with E-state index < -0.39 is 5.91 Å². The highest BCUT2D eigenvalue weighted by molar-refractivity contribution is 7.17. The number of carbonyl (C=O) groups is 2. The molecular weight excluding hydrogens is 356 g/mol. The van der Waals surface area contributed by atoms with Crippen molar-refractivity contribution in [3.8, 4) is 0 Å². The average molecular weight is 383 g/mol. The molecule has 5 heteroatoms. The Bertz CT molecular complexity index is 865. The number of amides is 2. The van der Waals surface area contributed by atoms with Gasteiger partial charge in [0.1, 0.15) is 5.00 Å². The van der Waals surface area contributed by atoms with Crippen LogP contribution in [0.5, 0.6) is 0 Å². The van der Waals surface area contributed by atoms with Crippen molar-refractivity contribution < 1.29 is 9.59 Å². The van der Waals surface area contributed by atoms with Crippen LogP contribution in [0.15, 0.2) is 30.3 Å². The molecule has 2 amide bonds. The fraction of sp³-hybridized carbons (Fsp3) is 0.364. The van der Waals surface area contributed by atoms with E-state index in [9.17, 15) is 9.59 Å². The average Bonchev–Trinajstić information content (AvgIpc) is 2.98. The fourth-order valence-electron chi connectivity index (χ4n) is 3.66. The van der Waals surface area contributed by atoms with Gasteiger partial charge in [0.05, 0.1) is 5.56 Å². The standard InChI is InChI=1S/C22H26N2O2S/c1-3-4-16-9-11-17-18(13-16)27-22(20(17)21(23)26)24-19(25)12-10-15-7-5-14(2)6-8-15/h5-8,10,12,16H,3-4,9,11,13H2,1-2H3,(H2,23,26)(H,24,25)/b12-10+. The highest BCUT2D eigenvalue weighted by atomic mass is 32.1. The maximum absolute atomic E-state index is 12.4. The van der Waals surface area contributed by atoms with Gasteiger partial charge in [-0.05, 0) is 49.3 Å². The summed E-state index contributed by atoms with van der Waals surface area (Å²) in [6.07, 6.45) is 8.55. The Hall–Kier alpha value is -2.40. The minimum Gasteiger partial charge on any atom is -0.365 e. The van der Waals surface area contributed by atoms with E-state index in [1.54, 1.807) is 6.08 Å². The third-order valence-corrected chi connectivity index (χ3v) is 6.22. The molecule has 2 aromatic rings. The molecule has 4 nitrogen and oxygen atoms in total. The molecule has 3 N–H and O–H groups in total. The van der Waals surface area contributed by atoms with E-state index in [0.29, 0.717) is 16.5 Å². The van der Waals surface area contributed by atoms with Gasteiger partial charge in [-0.2, -0.15) is 0 Å². The number of primary amides is 1. The summed E-state index contributed by atoms with van der Waals surface area (Å²) in [4.78, 5) is 25.6. The quantitative estimate of drug-likeness (QED) is 0.710. The number of carbonyl (C=O) groups excluding carboxylic acids is 2. The van der Waals surface area contributed by atoms with Crippen molar-refractivity contribution in [2.24, 2.45) is 11.7 Å². The number of aryl methyl sites for hydroxylation is 1. The normalized spacial score (nSPS) is 16.3. The van der Waals surface area contributed by atoms with Crippen LogP contribution in [0.25, 0.3) is 6.08 Å². The second-order valence-corrected chi connectivity index (χ2v) is 8.31. The van der Waals surface area contributed by atoms with Crippen LogP contribution in [0, 0.1) is 12.8 Å². The number of rotatable bonds is 6. The van der Waals surface area contributed by atoms with E-state index in [0.717, 1.165) is 30.4 Å². The van der Waals surface area contributed by atoms with Gasteiger partial charge in [0.25, 0.3) is 5.91 Å². The molecule has 0 radical (unpaired) electrons. The van der Waals surface area contributed by atoms with Gasteiger partial charge in [0, 0.05) is 11.0 Å². The number of benzene rings is 1. The van der Waals surface area contributed by atoms with E-state index in [1.165, 1.54) is 40.7 Å². The Morgan fingerprint density at radius 2 is 2.04 bits per heavy atom. The number of hydrogen-bond donors (Lipinski definition) is 2. The SMILES string of the molecule is CCCC1CCc2c(sc(NC(=O)/C=C/c3ccc(C)cc3)c2C(N)=O)C1. The highest BCUT2D eigenvalue weighted by Crippen LogP contribution is 2.40. The molecule has 3 rings (SSSR count). The third kappa shape index (κ3) is 4.66. The number of anilines is 1. The summed E-state index contributed by atoms with van der Waals surface area (Å²) in [7, 11) is 0. The van der Waals surface area contributed by atoms with Crippen LogP contribution < -0.4 is 11.1 Å². The molecule has 0 spiro atoms. The fourth-order valence-corrected chi connectivity index (χ4v) is 5.03. The molecule has 1 aromatic heterocycles. The van der Waals surface area contributed by atoms with E-state index in [-0.39, 0.29) is 5.91 Å². The zero-order chi connectivity index (χ0) is 19.4. The lowest BCUT2D eigenvalue weighted by atomic mass is 9.84. The lowest BCUT2D eigenvalue weighted by molar-refractivity contribution is -0.111. The van der Waals surface area contributed by atoms with Gasteiger partial charge in [-0.1, -0.05) is 49.6 Å². The van der Waals surface area contributed by atoms with Gasteiger partial charge in [0.2, 0.25) is 5.91 Å². The van der Waals surface area contributed by atoms with Crippen LogP contribution in [0.1, 0.15) is 58.1 Å². The van der Waals surface area contributed by atoms with Crippen LogP contribution in [-0.2, 0) is 17.6 Å². The number of fused-ring (bicyclic) bond motifs is 1. The smallest absolute Gasteiger partial charge is 0.251 e. The van der Waals surface area contributed by atoms with Crippen LogP contribution in [0.3, 0.4) is 0 Å². The molecule has 0 fully saturated rings. The summed E-state index contributed by atoms with van der Waals surface area (Å²) in [5, 5.41) is 3.46. The molecule has 1 heterocycles. The van der Waals surface area contributed by atoms with Crippen molar-refractivity contribution in [3.05, 3.63) is 57.5 Å². The zero-order valence-corrected chi connectivity index (χ0v) is 16.7. The lowest BCUT2D eigenvalue weighted by Gasteiger charge is -2.21. The zero-order valence-electron chi connectivity index (χ0n) is 15.9. The molecule has 1 aliphatic rings. The van der Waals surface area contributed by atoms with Gasteiger partial charge in [0.15, 0.2) is 0 Å². The van der Waals surface area contributed by atoms with Crippen molar-refractivity contribution in [3.63, 3.8) is 0 Å². The second-order valence-electron chi connectivity index (χ2n) is 7.20. The first-order valence-corrected chi connectivity index (χ1v) is 10.3. The molecule has 0 saturated heterocycles. The summed E-state index contributed by atoms with van der Waals surface area (Å²) >= 11 is 1.51. The second kappa shape index (κ2) is 8.53. The van der Waals surface area contributed by atoms with E-state index in [4.69, 9.17) is 5.73 Å². The van der Waals surface area contributed by atoms with Gasteiger partial charge in [-0.25, -0.2) is 0 Å². The molecular formula is C22H26N2O2S. The maximum atomic E-state index is 12.4. The number of thiophene rings is 1. The first-order chi connectivity index (χ1) is 13.0. The molecule has 1 unspecified atom stereocenters. The van der Waals surface area contributed by atoms with Gasteiger partial charge in [-0.3, -0.25) is 9.59 Å². The van der Waals surface area contributed by atoms with Crippen molar-refractivity contribution in [1.82, 2.24) is 0 Å². The van der Waals surface area contributed by atoms with E-state index >= 15 is 0 Å². The van der Waals surface area contributed by atoms with Crippen LogP contribution in [0.4, 0.5) is 5.00 Å². The van der Waals surface area contributed by atoms with Gasteiger partial charge in [-0.15, -0.1) is 11.3 Å². The Morgan fingerprint density at radius 3 is 2.70 bits per heavy atom. The largest absolute Gasteiger partial charge is 0.365 e. The predicted molar refractivity (Wildman–Crippen MR) is 112 cm³/mol. The third-order valence-electron chi connectivity index (χ3n) is 5.05. The van der Waals surface area contributed by atoms with Gasteiger partial charge >= 0.3 is 0 Å². The Morgan fingerprint density at radius 1 is 1.30 bits per heavy atom. The maximum Gasteiger partial charge on any atom is 0.251 e. The monoisotopic (exact) mass is 382 g/mol. The van der Waals surface area contributed by atoms with Crippen LogP contribution >= 0.6 is 11.3 Å². The van der Waals surface area contributed by atoms with E-state index in [1.807, 2.05) is 31.2 Å². The topological polar surface area (TPSA) is 72.2 Å². The predicted octanol–water partition coefficient (Wildman–Crippen LogP) is 4.71. The minimum absolute atomic E-state index is 0.248. The van der Waals surface area contributed by atoms with Crippen molar-refractivity contribution in [1.29, 1.82) is 0 Å². The summed E-state index contributed by atoms with van der Waals surface area (Å²) < 4.78 is 0. The summed E-state index contributed by atoms with van der Waals surface area (Å²) in [5.74, 6) is -0.0482. The van der Waals surface area contributed by atoms with Crippen LogP contribution in [-0.4, -0.2) is 11.8 Å². The number of nitrogens with two attached hydrogens (primary N) is 1.